The monoisotopic (exact) mass is 255 g/mol. The maximum atomic E-state index is 12.1. The lowest BCUT2D eigenvalue weighted by molar-refractivity contribution is 0.658. The van der Waals surface area contributed by atoms with Crippen LogP contribution in [0.2, 0.25) is 0 Å². The molecule has 0 aliphatic carbocycles. The van der Waals surface area contributed by atoms with Crippen LogP contribution in [0.5, 0.6) is 0 Å². The first-order valence-corrected chi connectivity index (χ1v) is 5.95. The Labute approximate surface area is 109 Å². The molecule has 0 amide bonds. The highest BCUT2D eigenvalue weighted by Crippen LogP contribution is 2.05. The van der Waals surface area contributed by atoms with Gasteiger partial charge in [0.05, 0.1) is 12.7 Å². The first-order valence-electron chi connectivity index (χ1n) is 5.95. The van der Waals surface area contributed by atoms with E-state index in [-0.39, 0.29) is 5.69 Å². The summed E-state index contributed by atoms with van der Waals surface area (Å²) in [6.45, 7) is 0.950. The second kappa shape index (κ2) is 4.66. The van der Waals surface area contributed by atoms with Crippen LogP contribution in [0.15, 0.2) is 47.7 Å². The molecule has 2 aromatic heterocycles. The highest BCUT2D eigenvalue weighted by Gasteiger charge is 2.06. The van der Waals surface area contributed by atoms with Crippen molar-refractivity contribution < 1.29 is 0 Å². The Morgan fingerprint density at radius 3 is 2.58 bits per heavy atom. The Kier molecular flexibility index (Phi) is 2.85. The minimum atomic E-state index is -0.166. The van der Waals surface area contributed by atoms with Crippen LogP contribution in [-0.4, -0.2) is 19.2 Å². The Morgan fingerprint density at radius 1 is 1.16 bits per heavy atom. The number of nitrogens with zero attached hydrogens (tertiary/aromatic N) is 4. The van der Waals surface area contributed by atoms with Crippen molar-refractivity contribution in [1.29, 1.82) is 0 Å². The number of aromatic nitrogens is 4. The van der Waals surface area contributed by atoms with Gasteiger partial charge in [0.15, 0.2) is 5.65 Å². The molecule has 96 valence electrons. The van der Waals surface area contributed by atoms with Crippen molar-refractivity contribution in [2.75, 3.05) is 0 Å². The van der Waals surface area contributed by atoms with Crippen molar-refractivity contribution in [2.45, 2.75) is 13.1 Å². The van der Waals surface area contributed by atoms with Gasteiger partial charge < -0.3 is 5.73 Å². The van der Waals surface area contributed by atoms with Crippen LogP contribution in [0.3, 0.4) is 0 Å². The molecule has 0 unspecified atom stereocenters. The fourth-order valence-electron chi connectivity index (χ4n) is 1.94. The molecule has 19 heavy (non-hydrogen) atoms. The second-order valence-electron chi connectivity index (χ2n) is 4.27. The van der Waals surface area contributed by atoms with Crippen molar-refractivity contribution in [2.24, 2.45) is 5.73 Å². The number of hydrogen-bond donors (Lipinski definition) is 1. The lowest BCUT2D eigenvalue weighted by atomic mass is 10.1. The van der Waals surface area contributed by atoms with E-state index in [2.05, 4.69) is 10.1 Å². The summed E-state index contributed by atoms with van der Waals surface area (Å²) in [5.41, 5.74) is 8.01. The molecule has 2 N–H and O–H groups in total. The van der Waals surface area contributed by atoms with Gasteiger partial charge in [0.25, 0.3) is 0 Å². The molecular formula is C13H13N5O. The van der Waals surface area contributed by atoms with E-state index in [1.54, 1.807) is 18.6 Å². The van der Waals surface area contributed by atoms with Crippen molar-refractivity contribution in [3.63, 3.8) is 0 Å². The zero-order valence-corrected chi connectivity index (χ0v) is 10.2. The fourth-order valence-corrected chi connectivity index (χ4v) is 1.94. The fraction of sp³-hybridized carbons (Fsp3) is 0.154. The molecule has 0 spiro atoms. The third-order valence-corrected chi connectivity index (χ3v) is 2.98. The first kappa shape index (κ1) is 11.6. The largest absolute Gasteiger partial charge is 0.350 e. The molecular weight excluding hydrogens is 242 g/mol. The van der Waals surface area contributed by atoms with Crippen LogP contribution in [0.4, 0.5) is 0 Å². The van der Waals surface area contributed by atoms with E-state index in [4.69, 9.17) is 5.73 Å². The zero-order chi connectivity index (χ0) is 13.2. The Bertz CT molecular complexity index is 757. The summed E-state index contributed by atoms with van der Waals surface area (Å²) >= 11 is 0. The highest BCUT2D eigenvalue weighted by atomic mass is 16.2. The summed E-state index contributed by atoms with van der Waals surface area (Å²) in [6.07, 6.45) is 4.74. The standard InChI is InChI=1S/C13H13N5O/c14-7-10-1-3-11(4-2-10)9-18-13(19)17-6-5-15-8-12(17)16-18/h1-6,8H,7,9,14H2. The van der Waals surface area contributed by atoms with Crippen molar-refractivity contribution in [3.8, 4) is 0 Å². The quantitative estimate of drug-likeness (QED) is 0.734. The number of benzene rings is 1. The minimum absolute atomic E-state index is 0.166. The molecule has 6 nitrogen and oxygen atoms in total. The molecule has 0 fully saturated rings. The van der Waals surface area contributed by atoms with E-state index in [1.807, 2.05) is 24.3 Å². The van der Waals surface area contributed by atoms with Gasteiger partial charge in [-0.3, -0.25) is 4.98 Å². The van der Waals surface area contributed by atoms with Crippen molar-refractivity contribution >= 4 is 5.65 Å². The van der Waals surface area contributed by atoms with Crippen molar-refractivity contribution in [1.82, 2.24) is 19.2 Å². The van der Waals surface area contributed by atoms with Gasteiger partial charge in [-0.2, -0.15) is 0 Å². The highest BCUT2D eigenvalue weighted by molar-refractivity contribution is 5.32. The molecule has 2 heterocycles. The maximum Gasteiger partial charge on any atom is 0.350 e. The molecule has 0 atom stereocenters. The van der Waals surface area contributed by atoms with Crippen LogP contribution >= 0.6 is 0 Å². The van der Waals surface area contributed by atoms with Crippen molar-refractivity contribution in [3.05, 3.63) is 64.5 Å². The van der Waals surface area contributed by atoms with Crippen LogP contribution < -0.4 is 11.4 Å². The zero-order valence-electron chi connectivity index (χ0n) is 10.2. The molecule has 3 aromatic rings. The van der Waals surface area contributed by atoms with E-state index >= 15 is 0 Å². The molecule has 1 aromatic carbocycles. The smallest absolute Gasteiger partial charge is 0.326 e. The van der Waals surface area contributed by atoms with E-state index in [0.29, 0.717) is 18.7 Å². The summed E-state index contributed by atoms with van der Waals surface area (Å²) in [5, 5.41) is 4.23. The topological polar surface area (TPSA) is 78.2 Å². The molecule has 0 radical (unpaired) electrons. The number of hydrogen-bond acceptors (Lipinski definition) is 4. The third-order valence-electron chi connectivity index (χ3n) is 2.98. The SMILES string of the molecule is NCc1ccc(Cn2nc3cnccn3c2=O)cc1. The van der Waals surface area contributed by atoms with Gasteiger partial charge in [-0.25, -0.2) is 13.9 Å². The summed E-state index contributed by atoms with van der Waals surface area (Å²) in [6, 6.07) is 7.82. The number of nitrogens with two attached hydrogens (primary N) is 1. The maximum absolute atomic E-state index is 12.1. The van der Waals surface area contributed by atoms with Gasteiger partial charge in [0, 0.05) is 18.9 Å². The third kappa shape index (κ3) is 2.13. The van der Waals surface area contributed by atoms with Crippen LogP contribution in [0.25, 0.3) is 5.65 Å². The Balaban J connectivity index is 1.96. The van der Waals surface area contributed by atoms with Gasteiger partial charge in [0.1, 0.15) is 0 Å². The van der Waals surface area contributed by atoms with Crippen LogP contribution in [0.1, 0.15) is 11.1 Å². The second-order valence-corrected chi connectivity index (χ2v) is 4.27. The lowest BCUT2D eigenvalue weighted by Gasteiger charge is -2.01. The van der Waals surface area contributed by atoms with Crippen LogP contribution in [0, 0.1) is 0 Å². The average molecular weight is 255 g/mol. The predicted octanol–water partition coefficient (Wildman–Crippen LogP) is 0.398. The number of fused-ring (bicyclic) bond motifs is 1. The van der Waals surface area contributed by atoms with E-state index in [1.165, 1.54) is 9.08 Å². The van der Waals surface area contributed by atoms with Gasteiger partial charge in [-0.15, -0.1) is 5.10 Å². The summed E-state index contributed by atoms with van der Waals surface area (Å²) in [7, 11) is 0. The molecule has 0 aliphatic heterocycles. The van der Waals surface area contributed by atoms with E-state index < -0.39 is 0 Å². The first-order chi connectivity index (χ1) is 9.28. The minimum Gasteiger partial charge on any atom is -0.326 e. The molecule has 0 bridgehead atoms. The van der Waals surface area contributed by atoms with E-state index in [9.17, 15) is 4.79 Å². The molecule has 0 saturated heterocycles. The summed E-state index contributed by atoms with van der Waals surface area (Å²) < 4.78 is 2.90. The molecule has 0 aliphatic rings. The Hall–Kier alpha value is -2.47. The van der Waals surface area contributed by atoms with E-state index in [0.717, 1.165) is 11.1 Å². The van der Waals surface area contributed by atoms with Gasteiger partial charge in [-0.1, -0.05) is 24.3 Å². The van der Waals surface area contributed by atoms with Crippen LogP contribution in [-0.2, 0) is 13.1 Å². The molecule has 0 saturated carbocycles. The normalized spacial score (nSPS) is 11.0. The average Bonchev–Trinajstić information content (AvgIpc) is 2.77. The van der Waals surface area contributed by atoms with Gasteiger partial charge in [-0.05, 0) is 11.1 Å². The van der Waals surface area contributed by atoms with Gasteiger partial charge >= 0.3 is 5.69 Å². The summed E-state index contributed by atoms with van der Waals surface area (Å²) in [4.78, 5) is 16.0. The number of rotatable bonds is 3. The Morgan fingerprint density at radius 2 is 1.89 bits per heavy atom. The lowest BCUT2D eigenvalue weighted by Crippen LogP contribution is -2.21. The predicted molar refractivity (Wildman–Crippen MR) is 70.7 cm³/mol. The van der Waals surface area contributed by atoms with Gasteiger partial charge in [0.2, 0.25) is 0 Å². The summed E-state index contributed by atoms with van der Waals surface area (Å²) in [5.74, 6) is 0. The molecule has 3 rings (SSSR count). The molecule has 6 heteroatoms.